The van der Waals surface area contributed by atoms with E-state index in [1.54, 1.807) is 0 Å². The summed E-state index contributed by atoms with van der Waals surface area (Å²) in [6, 6.07) is 0.508. The maximum atomic E-state index is 4.41. The molecule has 96 valence electrons. The minimum atomic E-state index is 0.508. The summed E-state index contributed by atoms with van der Waals surface area (Å²) in [7, 11) is 2.16. The molecular formula is C13H24N4. The molecule has 4 heteroatoms. The van der Waals surface area contributed by atoms with Crippen LogP contribution in [0.5, 0.6) is 0 Å². The second-order valence-corrected chi connectivity index (χ2v) is 5.12. The van der Waals surface area contributed by atoms with E-state index in [4.69, 9.17) is 0 Å². The number of rotatable bonds is 6. The van der Waals surface area contributed by atoms with Crippen molar-refractivity contribution in [3.63, 3.8) is 0 Å². The molecule has 4 nitrogen and oxygen atoms in total. The van der Waals surface area contributed by atoms with Gasteiger partial charge in [0.15, 0.2) is 0 Å². The predicted molar refractivity (Wildman–Crippen MR) is 70.1 cm³/mol. The minimum absolute atomic E-state index is 0.508. The topological polar surface area (TPSA) is 44.0 Å². The van der Waals surface area contributed by atoms with Crippen molar-refractivity contribution in [2.45, 2.75) is 45.7 Å². The molecule has 1 unspecified atom stereocenters. The van der Waals surface area contributed by atoms with Crippen LogP contribution in [-0.2, 0) is 19.4 Å². The summed E-state index contributed by atoms with van der Waals surface area (Å²) in [6.07, 6.45) is 3.66. The van der Waals surface area contributed by atoms with Crippen LogP contribution >= 0.6 is 0 Å². The molecule has 0 fully saturated rings. The molecule has 1 aliphatic rings. The second-order valence-electron chi connectivity index (χ2n) is 5.12. The SMILES string of the molecule is CCN(C)CC(C)NCc1n[nH]c2c1CCC2. The summed E-state index contributed by atoms with van der Waals surface area (Å²) in [5.41, 5.74) is 4.05. The fraction of sp³-hybridized carbons (Fsp3) is 0.769. The summed E-state index contributed by atoms with van der Waals surface area (Å²) >= 11 is 0. The number of hydrogen-bond donors (Lipinski definition) is 2. The van der Waals surface area contributed by atoms with Gasteiger partial charge in [-0.05, 0) is 45.3 Å². The number of nitrogens with one attached hydrogen (secondary N) is 2. The van der Waals surface area contributed by atoms with Crippen molar-refractivity contribution in [1.29, 1.82) is 0 Å². The van der Waals surface area contributed by atoms with E-state index in [0.717, 1.165) is 19.6 Å². The Kier molecular flexibility index (Phi) is 4.18. The van der Waals surface area contributed by atoms with Gasteiger partial charge in [-0.2, -0.15) is 5.10 Å². The van der Waals surface area contributed by atoms with Crippen molar-refractivity contribution in [2.75, 3.05) is 20.1 Å². The molecule has 1 aliphatic carbocycles. The zero-order valence-electron chi connectivity index (χ0n) is 11.2. The number of aromatic amines is 1. The molecule has 2 rings (SSSR count). The average Bonchev–Trinajstić information content (AvgIpc) is 2.88. The molecule has 0 bridgehead atoms. The Morgan fingerprint density at radius 3 is 3.06 bits per heavy atom. The Hall–Kier alpha value is -0.870. The first-order chi connectivity index (χ1) is 8.20. The minimum Gasteiger partial charge on any atom is -0.307 e. The van der Waals surface area contributed by atoms with E-state index in [9.17, 15) is 0 Å². The fourth-order valence-electron chi connectivity index (χ4n) is 2.47. The number of H-pyrrole nitrogens is 1. The van der Waals surface area contributed by atoms with Gasteiger partial charge in [0.25, 0.3) is 0 Å². The zero-order valence-corrected chi connectivity index (χ0v) is 11.2. The lowest BCUT2D eigenvalue weighted by molar-refractivity contribution is 0.309. The number of nitrogens with zero attached hydrogens (tertiary/aromatic N) is 2. The molecule has 1 aromatic heterocycles. The van der Waals surface area contributed by atoms with Gasteiger partial charge >= 0.3 is 0 Å². The van der Waals surface area contributed by atoms with Crippen LogP contribution in [0.1, 0.15) is 37.2 Å². The molecule has 0 saturated carbocycles. The van der Waals surface area contributed by atoms with E-state index in [-0.39, 0.29) is 0 Å². The highest BCUT2D eigenvalue weighted by atomic mass is 15.2. The highest BCUT2D eigenvalue weighted by Crippen LogP contribution is 2.22. The third kappa shape index (κ3) is 3.07. The third-order valence-electron chi connectivity index (χ3n) is 3.64. The van der Waals surface area contributed by atoms with Crippen molar-refractivity contribution < 1.29 is 0 Å². The van der Waals surface area contributed by atoms with Gasteiger partial charge in [-0.1, -0.05) is 6.92 Å². The number of fused-ring (bicyclic) bond motifs is 1. The van der Waals surface area contributed by atoms with E-state index < -0.39 is 0 Å². The highest BCUT2D eigenvalue weighted by Gasteiger charge is 2.18. The van der Waals surface area contributed by atoms with Crippen molar-refractivity contribution in [2.24, 2.45) is 0 Å². The second kappa shape index (κ2) is 5.65. The van der Waals surface area contributed by atoms with E-state index in [1.807, 2.05) is 0 Å². The molecule has 2 N–H and O–H groups in total. The van der Waals surface area contributed by atoms with Crippen LogP contribution in [-0.4, -0.2) is 41.3 Å². The first-order valence-electron chi connectivity index (χ1n) is 6.67. The summed E-state index contributed by atoms with van der Waals surface area (Å²) in [6.45, 7) is 7.50. The first kappa shape index (κ1) is 12.6. The highest BCUT2D eigenvalue weighted by molar-refractivity contribution is 5.29. The molecule has 0 spiro atoms. The van der Waals surface area contributed by atoms with E-state index >= 15 is 0 Å². The van der Waals surface area contributed by atoms with Gasteiger partial charge in [-0.15, -0.1) is 0 Å². The van der Waals surface area contributed by atoms with Crippen LogP contribution < -0.4 is 5.32 Å². The predicted octanol–water partition coefficient (Wildman–Crippen LogP) is 1.33. The van der Waals surface area contributed by atoms with Gasteiger partial charge in [0.05, 0.1) is 5.69 Å². The maximum Gasteiger partial charge on any atom is 0.0794 e. The number of hydrogen-bond acceptors (Lipinski definition) is 3. The van der Waals surface area contributed by atoms with Crippen molar-refractivity contribution in [3.8, 4) is 0 Å². The molecule has 17 heavy (non-hydrogen) atoms. The Morgan fingerprint density at radius 1 is 1.47 bits per heavy atom. The van der Waals surface area contributed by atoms with Crippen LogP contribution in [0.25, 0.3) is 0 Å². The quantitative estimate of drug-likeness (QED) is 0.783. The van der Waals surface area contributed by atoms with Gasteiger partial charge in [-0.3, -0.25) is 5.10 Å². The summed E-state index contributed by atoms with van der Waals surface area (Å²) < 4.78 is 0. The molecule has 1 atom stereocenters. The van der Waals surface area contributed by atoms with Crippen LogP contribution in [0.15, 0.2) is 0 Å². The number of likely N-dealkylation sites (N-methyl/N-ethyl adjacent to an activating group) is 1. The van der Waals surface area contributed by atoms with Gasteiger partial charge in [0, 0.05) is 24.8 Å². The van der Waals surface area contributed by atoms with Crippen molar-refractivity contribution in [1.82, 2.24) is 20.4 Å². The van der Waals surface area contributed by atoms with Crippen molar-refractivity contribution >= 4 is 0 Å². The average molecular weight is 236 g/mol. The summed E-state index contributed by atoms with van der Waals surface area (Å²) in [5, 5.41) is 11.1. The molecule has 0 aliphatic heterocycles. The Balaban J connectivity index is 1.81. The lowest BCUT2D eigenvalue weighted by atomic mass is 10.2. The Bertz CT molecular complexity index is 358. The van der Waals surface area contributed by atoms with E-state index in [2.05, 4.69) is 41.3 Å². The lowest BCUT2D eigenvalue weighted by Crippen LogP contribution is -2.37. The molecule has 0 radical (unpaired) electrons. The van der Waals surface area contributed by atoms with Gasteiger partial charge < -0.3 is 10.2 Å². The molecule has 1 heterocycles. The lowest BCUT2D eigenvalue weighted by Gasteiger charge is -2.20. The molecule has 0 aromatic carbocycles. The van der Waals surface area contributed by atoms with Crippen molar-refractivity contribution in [3.05, 3.63) is 17.0 Å². The largest absolute Gasteiger partial charge is 0.307 e. The Labute approximate surface area is 104 Å². The molecule has 0 saturated heterocycles. The maximum absolute atomic E-state index is 4.41. The van der Waals surface area contributed by atoms with E-state index in [0.29, 0.717) is 6.04 Å². The summed E-state index contributed by atoms with van der Waals surface area (Å²) in [4.78, 5) is 2.33. The van der Waals surface area contributed by atoms with Gasteiger partial charge in [0.1, 0.15) is 0 Å². The third-order valence-corrected chi connectivity index (χ3v) is 3.64. The molecular weight excluding hydrogens is 212 g/mol. The van der Waals surface area contributed by atoms with Crippen LogP contribution in [0.2, 0.25) is 0 Å². The fourth-order valence-corrected chi connectivity index (χ4v) is 2.47. The first-order valence-corrected chi connectivity index (χ1v) is 6.67. The summed E-state index contributed by atoms with van der Waals surface area (Å²) in [5.74, 6) is 0. The van der Waals surface area contributed by atoms with Gasteiger partial charge in [0.2, 0.25) is 0 Å². The molecule has 0 amide bonds. The Morgan fingerprint density at radius 2 is 2.29 bits per heavy atom. The van der Waals surface area contributed by atoms with E-state index in [1.165, 1.54) is 36.2 Å². The smallest absolute Gasteiger partial charge is 0.0794 e. The monoisotopic (exact) mass is 236 g/mol. The van der Waals surface area contributed by atoms with Gasteiger partial charge in [-0.25, -0.2) is 0 Å². The number of aryl methyl sites for hydroxylation is 1. The number of aromatic nitrogens is 2. The van der Waals surface area contributed by atoms with Crippen LogP contribution in [0, 0.1) is 0 Å². The van der Waals surface area contributed by atoms with Crippen LogP contribution in [0.3, 0.4) is 0 Å². The van der Waals surface area contributed by atoms with Crippen LogP contribution in [0.4, 0.5) is 0 Å². The molecule has 1 aromatic rings. The zero-order chi connectivity index (χ0) is 12.3. The normalized spacial score (nSPS) is 16.5. The standard InChI is InChI=1S/C13H24N4/c1-4-17(3)9-10(2)14-8-13-11-6-5-7-12(11)15-16-13/h10,14H,4-9H2,1-3H3,(H,15,16).